The molecule has 1 saturated heterocycles. The second kappa shape index (κ2) is 8.92. The van der Waals surface area contributed by atoms with Gasteiger partial charge in [0.2, 0.25) is 5.91 Å². The number of hydrogen-bond donors (Lipinski definition) is 1. The maximum atomic E-state index is 13.0. The maximum absolute atomic E-state index is 13.0. The fraction of sp³-hybridized carbons (Fsp3) is 0.400. The van der Waals surface area contributed by atoms with E-state index in [-0.39, 0.29) is 24.9 Å². The maximum Gasteiger partial charge on any atom is 0.251 e. The Labute approximate surface area is 183 Å². The summed E-state index contributed by atoms with van der Waals surface area (Å²) in [6, 6.07) is 13.6. The molecule has 4 rings (SSSR count). The Balaban J connectivity index is 1.53. The van der Waals surface area contributed by atoms with E-state index in [0.29, 0.717) is 17.3 Å². The molecule has 0 unspecified atom stereocenters. The largest absolute Gasteiger partial charge is 0.345 e. The number of likely N-dealkylation sites (tertiary alicyclic amines) is 1. The molecule has 3 aromatic rings. The molecule has 1 aliphatic rings. The molecule has 0 aliphatic carbocycles. The average molecular weight is 419 g/mol. The molecular formula is C25H30N4O2. The van der Waals surface area contributed by atoms with E-state index in [2.05, 4.69) is 12.2 Å². The van der Waals surface area contributed by atoms with Crippen LogP contribution < -0.4 is 5.32 Å². The third-order valence-electron chi connectivity index (χ3n) is 6.20. The summed E-state index contributed by atoms with van der Waals surface area (Å²) in [7, 11) is 0. The molecule has 2 heterocycles. The first-order valence-electron chi connectivity index (χ1n) is 11.0. The Morgan fingerprint density at radius 1 is 1.10 bits per heavy atom. The van der Waals surface area contributed by atoms with Crippen LogP contribution in [0, 0.1) is 19.8 Å². The standard InChI is InChI=1S/C25H30N4O2/c1-17-10-12-28(13-11-17)24(30)16-29-22-7-5-4-6-21(22)27-23(29)15-26-25(31)20-9-8-18(2)14-19(20)3/h4-9,14,17H,10-13,15-16H2,1-3H3,(H,26,31). The number of amides is 2. The smallest absolute Gasteiger partial charge is 0.251 e. The quantitative estimate of drug-likeness (QED) is 0.685. The van der Waals surface area contributed by atoms with Crippen LogP contribution in [0.4, 0.5) is 0 Å². The van der Waals surface area contributed by atoms with Crippen LogP contribution in [0.15, 0.2) is 42.5 Å². The molecule has 0 bridgehead atoms. The number of hydrogen-bond acceptors (Lipinski definition) is 3. The summed E-state index contributed by atoms with van der Waals surface area (Å²) in [5.41, 5.74) is 4.48. The van der Waals surface area contributed by atoms with Gasteiger partial charge in [-0.25, -0.2) is 4.98 Å². The zero-order valence-electron chi connectivity index (χ0n) is 18.5. The van der Waals surface area contributed by atoms with Crippen molar-refractivity contribution in [1.29, 1.82) is 0 Å². The van der Waals surface area contributed by atoms with Crippen molar-refractivity contribution < 1.29 is 9.59 Å². The molecule has 1 N–H and O–H groups in total. The molecule has 31 heavy (non-hydrogen) atoms. The number of nitrogens with one attached hydrogen (secondary N) is 1. The van der Waals surface area contributed by atoms with Gasteiger partial charge in [0.25, 0.3) is 5.91 Å². The summed E-state index contributed by atoms with van der Waals surface area (Å²) >= 11 is 0. The molecule has 1 aromatic heterocycles. The number of imidazole rings is 1. The number of fused-ring (bicyclic) bond motifs is 1. The topological polar surface area (TPSA) is 67.2 Å². The second-order valence-corrected chi connectivity index (χ2v) is 8.67. The van der Waals surface area contributed by atoms with Crippen molar-refractivity contribution in [3.05, 3.63) is 65.0 Å². The predicted octanol–water partition coefficient (Wildman–Crippen LogP) is 3.84. The number of aryl methyl sites for hydroxylation is 2. The number of benzene rings is 2. The van der Waals surface area contributed by atoms with Gasteiger partial charge < -0.3 is 14.8 Å². The van der Waals surface area contributed by atoms with Crippen LogP contribution in [0.1, 0.15) is 47.1 Å². The van der Waals surface area contributed by atoms with Crippen LogP contribution >= 0.6 is 0 Å². The summed E-state index contributed by atoms with van der Waals surface area (Å²) in [4.78, 5) is 32.4. The van der Waals surface area contributed by atoms with Gasteiger partial charge in [-0.05, 0) is 56.4 Å². The SMILES string of the molecule is Cc1ccc(C(=O)NCc2nc3ccccc3n2CC(=O)N2CCC(C)CC2)c(C)c1. The van der Waals surface area contributed by atoms with E-state index in [1.807, 2.05) is 65.8 Å². The van der Waals surface area contributed by atoms with E-state index in [0.717, 1.165) is 48.1 Å². The van der Waals surface area contributed by atoms with Crippen molar-refractivity contribution in [3.63, 3.8) is 0 Å². The fourth-order valence-corrected chi connectivity index (χ4v) is 4.25. The van der Waals surface area contributed by atoms with E-state index in [1.165, 1.54) is 0 Å². The average Bonchev–Trinajstić information content (AvgIpc) is 3.10. The summed E-state index contributed by atoms with van der Waals surface area (Å²) in [5, 5.41) is 2.99. The lowest BCUT2D eigenvalue weighted by molar-refractivity contribution is -0.133. The van der Waals surface area contributed by atoms with Crippen LogP contribution in [0.25, 0.3) is 11.0 Å². The van der Waals surface area contributed by atoms with Crippen molar-refractivity contribution in [3.8, 4) is 0 Å². The third-order valence-corrected chi connectivity index (χ3v) is 6.20. The molecule has 2 amide bonds. The minimum Gasteiger partial charge on any atom is -0.345 e. The van der Waals surface area contributed by atoms with Gasteiger partial charge in [0.15, 0.2) is 0 Å². The van der Waals surface area contributed by atoms with Gasteiger partial charge >= 0.3 is 0 Å². The van der Waals surface area contributed by atoms with Gasteiger partial charge in [-0.15, -0.1) is 0 Å². The molecule has 162 valence electrons. The van der Waals surface area contributed by atoms with E-state index in [9.17, 15) is 9.59 Å². The highest BCUT2D eigenvalue weighted by atomic mass is 16.2. The van der Waals surface area contributed by atoms with Crippen molar-refractivity contribution in [1.82, 2.24) is 19.8 Å². The lowest BCUT2D eigenvalue weighted by atomic mass is 9.99. The molecule has 2 aromatic carbocycles. The number of aromatic nitrogens is 2. The number of carbonyl (C=O) groups is 2. The number of nitrogens with zero attached hydrogens (tertiary/aromatic N) is 3. The van der Waals surface area contributed by atoms with Gasteiger partial charge in [-0.2, -0.15) is 0 Å². The Kier molecular flexibility index (Phi) is 6.07. The lowest BCUT2D eigenvalue weighted by Crippen LogP contribution is -2.40. The molecule has 0 spiro atoms. The van der Waals surface area contributed by atoms with Gasteiger partial charge in [0.05, 0.1) is 17.6 Å². The molecule has 6 nitrogen and oxygen atoms in total. The number of piperidine rings is 1. The van der Waals surface area contributed by atoms with Crippen molar-refractivity contribution >= 4 is 22.8 Å². The summed E-state index contributed by atoms with van der Waals surface area (Å²) in [6.45, 7) is 8.32. The molecule has 6 heteroatoms. The summed E-state index contributed by atoms with van der Waals surface area (Å²) in [5.74, 6) is 1.34. The number of carbonyl (C=O) groups excluding carboxylic acids is 2. The molecule has 0 atom stereocenters. The van der Waals surface area contributed by atoms with Gasteiger partial charge in [-0.1, -0.05) is 36.8 Å². The highest BCUT2D eigenvalue weighted by molar-refractivity contribution is 5.95. The minimum atomic E-state index is -0.132. The van der Waals surface area contributed by atoms with Gasteiger partial charge in [0, 0.05) is 18.7 Å². The van der Waals surface area contributed by atoms with E-state index < -0.39 is 0 Å². The van der Waals surface area contributed by atoms with Crippen molar-refractivity contribution in [2.45, 2.75) is 46.7 Å². The van der Waals surface area contributed by atoms with Gasteiger partial charge in [-0.3, -0.25) is 9.59 Å². The summed E-state index contributed by atoms with van der Waals surface area (Å²) < 4.78 is 1.94. The van der Waals surface area contributed by atoms with Crippen LogP contribution in [0.2, 0.25) is 0 Å². The zero-order chi connectivity index (χ0) is 22.0. The first kappa shape index (κ1) is 21.1. The highest BCUT2D eigenvalue weighted by Crippen LogP contribution is 2.20. The van der Waals surface area contributed by atoms with Gasteiger partial charge in [0.1, 0.15) is 12.4 Å². The lowest BCUT2D eigenvalue weighted by Gasteiger charge is -2.30. The van der Waals surface area contributed by atoms with Crippen LogP contribution in [0.5, 0.6) is 0 Å². The Hall–Kier alpha value is -3.15. The minimum absolute atomic E-state index is 0.108. The second-order valence-electron chi connectivity index (χ2n) is 8.67. The monoisotopic (exact) mass is 418 g/mol. The Morgan fingerprint density at radius 2 is 1.84 bits per heavy atom. The summed E-state index contributed by atoms with van der Waals surface area (Å²) in [6.07, 6.45) is 2.10. The fourth-order valence-electron chi connectivity index (χ4n) is 4.25. The number of rotatable bonds is 5. The zero-order valence-corrected chi connectivity index (χ0v) is 18.5. The molecule has 0 radical (unpaired) electrons. The number of para-hydroxylation sites is 2. The highest BCUT2D eigenvalue weighted by Gasteiger charge is 2.22. The van der Waals surface area contributed by atoms with Crippen LogP contribution in [0.3, 0.4) is 0 Å². The van der Waals surface area contributed by atoms with E-state index in [4.69, 9.17) is 4.98 Å². The van der Waals surface area contributed by atoms with E-state index >= 15 is 0 Å². The molecular weight excluding hydrogens is 388 g/mol. The normalized spacial score (nSPS) is 14.7. The van der Waals surface area contributed by atoms with E-state index in [1.54, 1.807) is 0 Å². The Bertz CT molecular complexity index is 1110. The predicted molar refractivity (Wildman–Crippen MR) is 122 cm³/mol. The first-order chi connectivity index (χ1) is 14.9. The molecule has 1 aliphatic heterocycles. The molecule has 0 saturated carbocycles. The molecule has 1 fully saturated rings. The third kappa shape index (κ3) is 4.63. The first-order valence-corrected chi connectivity index (χ1v) is 11.0. The van der Waals surface area contributed by atoms with Crippen molar-refractivity contribution in [2.75, 3.05) is 13.1 Å². The van der Waals surface area contributed by atoms with Crippen LogP contribution in [-0.4, -0.2) is 39.4 Å². The Morgan fingerprint density at radius 3 is 2.58 bits per heavy atom. The van der Waals surface area contributed by atoms with Crippen LogP contribution in [-0.2, 0) is 17.9 Å². The van der Waals surface area contributed by atoms with Crippen molar-refractivity contribution in [2.24, 2.45) is 5.92 Å².